The molecule has 1 saturated heterocycles. The van der Waals surface area contributed by atoms with Gasteiger partial charge in [-0.3, -0.25) is 9.78 Å². The number of allylic oxidation sites excluding steroid dienone is 3. The number of amides is 1. The van der Waals surface area contributed by atoms with Gasteiger partial charge in [-0.1, -0.05) is 26.5 Å². The predicted molar refractivity (Wildman–Crippen MR) is 141 cm³/mol. The SMILES string of the molecule is C=C/C(=C\C=C(\COCc1ncc(N2CCOCC2)nc1N=CC(C)C)C(C)F)NC(=O)C1(C=O)CC1. The number of anilines is 1. The highest BCUT2D eigenvalue weighted by atomic mass is 19.1. The Hall–Kier alpha value is -3.24. The number of aldehydes is 1. The number of carbonyl (C=O) groups is 2. The lowest BCUT2D eigenvalue weighted by molar-refractivity contribution is -0.130. The number of hydrogen-bond donors (Lipinski definition) is 1. The van der Waals surface area contributed by atoms with Crippen LogP contribution in [0.3, 0.4) is 0 Å². The van der Waals surface area contributed by atoms with E-state index >= 15 is 0 Å². The van der Waals surface area contributed by atoms with Gasteiger partial charge in [0.1, 0.15) is 29.4 Å². The molecule has 10 heteroatoms. The maximum atomic E-state index is 14.3. The molecule has 1 atom stereocenters. The van der Waals surface area contributed by atoms with Crippen LogP contribution in [0.15, 0.2) is 47.3 Å². The first kappa shape index (κ1) is 28.3. The third-order valence-corrected chi connectivity index (χ3v) is 6.08. The molecule has 2 aliphatic rings. The zero-order chi connectivity index (χ0) is 26.8. The number of nitrogens with one attached hydrogen (secondary N) is 1. The van der Waals surface area contributed by atoms with Crippen molar-refractivity contribution in [1.82, 2.24) is 15.3 Å². The number of nitrogens with zero attached hydrogens (tertiary/aromatic N) is 4. The third kappa shape index (κ3) is 8.13. The number of aliphatic imine (C=N–C) groups is 1. The minimum atomic E-state index is -1.28. The van der Waals surface area contributed by atoms with Gasteiger partial charge in [0.05, 0.1) is 32.6 Å². The van der Waals surface area contributed by atoms with Gasteiger partial charge in [-0.05, 0) is 43.4 Å². The van der Waals surface area contributed by atoms with Gasteiger partial charge >= 0.3 is 0 Å². The number of rotatable bonds is 13. The largest absolute Gasteiger partial charge is 0.378 e. The number of halogens is 1. The van der Waals surface area contributed by atoms with Gasteiger partial charge in [0, 0.05) is 25.0 Å². The lowest BCUT2D eigenvalue weighted by Gasteiger charge is -2.27. The number of carbonyl (C=O) groups excluding carboxylic acids is 2. The second kappa shape index (κ2) is 13.3. The zero-order valence-electron chi connectivity index (χ0n) is 21.8. The zero-order valence-corrected chi connectivity index (χ0v) is 21.8. The Morgan fingerprint density at radius 3 is 2.65 bits per heavy atom. The first-order chi connectivity index (χ1) is 17.8. The van der Waals surface area contributed by atoms with Crippen LogP contribution < -0.4 is 10.2 Å². The summed E-state index contributed by atoms with van der Waals surface area (Å²) in [5.41, 5.74) is 0.360. The summed E-state index contributed by atoms with van der Waals surface area (Å²) < 4.78 is 25.5. The highest BCUT2D eigenvalue weighted by Crippen LogP contribution is 2.43. The normalized spacial score (nSPS) is 18.7. The van der Waals surface area contributed by atoms with Gasteiger partial charge in [0.25, 0.3) is 0 Å². The molecule has 37 heavy (non-hydrogen) atoms. The standard InChI is InChI=1S/C27H36FN5O4/c1-5-22(31-26(35)27(18-34)8-9-27)7-6-21(20(4)28)16-37-17-23-25(30-14-19(2)3)32-24(15-29-23)33-10-12-36-13-11-33/h5-7,14-15,18-20H,1,8-13,16-17H2,2-4H3,(H,31,35)/b21-6-,22-7+,30-14?. The molecular weight excluding hydrogens is 477 g/mol. The molecule has 1 amide bonds. The van der Waals surface area contributed by atoms with Crippen molar-refractivity contribution in [3.63, 3.8) is 0 Å². The predicted octanol–water partition coefficient (Wildman–Crippen LogP) is 3.64. The number of alkyl halides is 1. The first-order valence-electron chi connectivity index (χ1n) is 12.5. The molecule has 1 N–H and O–H groups in total. The molecule has 0 aromatic carbocycles. The molecule has 1 saturated carbocycles. The van der Waals surface area contributed by atoms with Gasteiger partial charge in [-0.15, -0.1) is 0 Å². The topological polar surface area (TPSA) is 106 Å². The molecule has 3 rings (SSSR count). The van der Waals surface area contributed by atoms with E-state index in [1.165, 1.54) is 13.0 Å². The number of aromatic nitrogens is 2. The molecule has 1 aliphatic carbocycles. The Kier molecular flexibility index (Phi) is 10.2. The van der Waals surface area contributed by atoms with Crippen LogP contribution in [-0.2, 0) is 25.7 Å². The fourth-order valence-electron chi connectivity index (χ4n) is 3.47. The van der Waals surface area contributed by atoms with Crippen LogP contribution in [0, 0.1) is 11.3 Å². The average molecular weight is 514 g/mol. The summed E-state index contributed by atoms with van der Waals surface area (Å²) in [5.74, 6) is 1.06. The van der Waals surface area contributed by atoms with Crippen molar-refractivity contribution in [2.75, 3.05) is 37.8 Å². The molecule has 200 valence electrons. The Labute approximate surface area is 217 Å². The Morgan fingerprint density at radius 2 is 2.05 bits per heavy atom. The quantitative estimate of drug-likeness (QED) is 0.186. The van der Waals surface area contributed by atoms with E-state index < -0.39 is 11.6 Å². The second-order valence-corrected chi connectivity index (χ2v) is 9.52. The molecular formula is C27H36FN5O4. The lowest BCUT2D eigenvalue weighted by atomic mass is 10.1. The number of morpholine rings is 1. The van der Waals surface area contributed by atoms with Crippen molar-refractivity contribution < 1.29 is 23.5 Å². The maximum absolute atomic E-state index is 14.3. The van der Waals surface area contributed by atoms with Gasteiger partial charge in [0.15, 0.2) is 5.82 Å². The summed E-state index contributed by atoms with van der Waals surface area (Å²) in [4.78, 5) is 39.3. The highest BCUT2D eigenvalue weighted by Gasteiger charge is 2.50. The minimum Gasteiger partial charge on any atom is -0.378 e. The molecule has 0 radical (unpaired) electrons. The van der Waals surface area contributed by atoms with Crippen LogP contribution in [0.1, 0.15) is 39.3 Å². The summed E-state index contributed by atoms with van der Waals surface area (Å²) in [6.45, 7) is 12.0. The smallest absolute Gasteiger partial charge is 0.237 e. The summed E-state index contributed by atoms with van der Waals surface area (Å²) in [5, 5.41) is 2.68. The van der Waals surface area contributed by atoms with E-state index in [9.17, 15) is 14.0 Å². The second-order valence-electron chi connectivity index (χ2n) is 9.52. The van der Waals surface area contributed by atoms with Crippen molar-refractivity contribution in [2.45, 2.75) is 46.4 Å². The molecule has 1 unspecified atom stereocenters. The van der Waals surface area contributed by atoms with Crippen LogP contribution >= 0.6 is 0 Å². The molecule has 1 aromatic heterocycles. The molecule has 0 spiro atoms. The fraction of sp³-hybridized carbons (Fsp3) is 0.519. The molecule has 1 aliphatic heterocycles. The van der Waals surface area contributed by atoms with E-state index in [-0.39, 0.29) is 25.0 Å². The van der Waals surface area contributed by atoms with Crippen molar-refractivity contribution in [2.24, 2.45) is 16.3 Å². The van der Waals surface area contributed by atoms with Crippen LogP contribution in [0.4, 0.5) is 16.0 Å². The van der Waals surface area contributed by atoms with Crippen molar-refractivity contribution >= 4 is 30.0 Å². The number of hydrogen-bond acceptors (Lipinski definition) is 8. The minimum absolute atomic E-state index is 0.00500. The van der Waals surface area contributed by atoms with E-state index in [2.05, 4.69) is 31.8 Å². The van der Waals surface area contributed by atoms with Crippen LogP contribution in [-0.4, -0.2) is 67.5 Å². The highest BCUT2D eigenvalue weighted by molar-refractivity contribution is 6.00. The monoisotopic (exact) mass is 513 g/mol. The molecule has 2 heterocycles. The van der Waals surface area contributed by atoms with E-state index in [0.717, 1.165) is 18.9 Å². The Balaban J connectivity index is 1.68. The summed E-state index contributed by atoms with van der Waals surface area (Å²) >= 11 is 0. The van der Waals surface area contributed by atoms with Crippen LogP contribution in [0.5, 0.6) is 0 Å². The van der Waals surface area contributed by atoms with Gasteiger partial charge < -0.3 is 24.5 Å². The van der Waals surface area contributed by atoms with Crippen molar-refractivity contribution in [3.8, 4) is 0 Å². The van der Waals surface area contributed by atoms with E-state index in [4.69, 9.17) is 9.47 Å². The van der Waals surface area contributed by atoms with Gasteiger partial charge in [-0.2, -0.15) is 0 Å². The van der Waals surface area contributed by atoms with Crippen molar-refractivity contribution in [3.05, 3.63) is 48.0 Å². The average Bonchev–Trinajstić information content (AvgIpc) is 3.70. The van der Waals surface area contributed by atoms with E-state index in [0.29, 0.717) is 55.1 Å². The fourth-order valence-corrected chi connectivity index (χ4v) is 3.47. The van der Waals surface area contributed by atoms with Crippen LogP contribution in [0.25, 0.3) is 0 Å². The molecule has 0 bridgehead atoms. The number of ether oxygens (including phenoxy) is 2. The molecule has 2 fully saturated rings. The summed E-state index contributed by atoms with van der Waals surface area (Å²) in [7, 11) is 0. The van der Waals surface area contributed by atoms with E-state index in [1.54, 1.807) is 24.6 Å². The van der Waals surface area contributed by atoms with Crippen molar-refractivity contribution in [1.29, 1.82) is 0 Å². The molecule has 9 nitrogen and oxygen atoms in total. The van der Waals surface area contributed by atoms with Gasteiger partial charge in [-0.25, -0.2) is 14.4 Å². The Morgan fingerprint density at radius 1 is 1.32 bits per heavy atom. The Bertz CT molecular complexity index is 1060. The summed E-state index contributed by atoms with van der Waals surface area (Å²) in [6, 6.07) is 0. The third-order valence-electron chi connectivity index (χ3n) is 6.08. The van der Waals surface area contributed by atoms with Gasteiger partial charge in [0.2, 0.25) is 5.91 Å². The maximum Gasteiger partial charge on any atom is 0.237 e. The summed E-state index contributed by atoms with van der Waals surface area (Å²) in [6.07, 6.45) is 8.50. The molecule has 1 aromatic rings. The van der Waals surface area contributed by atoms with Crippen LogP contribution in [0.2, 0.25) is 0 Å². The first-order valence-corrected chi connectivity index (χ1v) is 12.5. The van der Waals surface area contributed by atoms with E-state index in [1.807, 2.05) is 13.8 Å². The lowest BCUT2D eigenvalue weighted by Crippen LogP contribution is -2.36.